The molecule has 19 heavy (non-hydrogen) atoms. The van der Waals surface area contributed by atoms with Crippen molar-refractivity contribution in [1.82, 2.24) is 4.98 Å². The third-order valence-electron chi connectivity index (χ3n) is 1.96. The molecule has 0 aliphatic carbocycles. The summed E-state index contributed by atoms with van der Waals surface area (Å²) in [6, 6.07) is 0.723. The van der Waals surface area contributed by atoms with E-state index < -0.39 is 33.2 Å². The van der Waals surface area contributed by atoms with Crippen molar-refractivity contribution in [3.05, 3.63) is 40.2 Å². The molecule has 1 heterocycles. The lowest BCUT2D eigenvalue weighted by Crippen LogP contribution is -2.14. The molecule has 2 rings (SSSR count). The molecule has 0 atom stereocenters. The molecule has 0 spiro atoms. The number of hydrogen-bond acceptors (Lipinski definition) is 4. The minimum Gasteiger partial charge on any atom is -0.273 e. The van der Waals surface area contributed by atoms with Crippen LogP contribution in [0.15, 0.2) is 22.5 Å². The van der Waals surface area contributed by atoms with Crippen molar-refractivity contribution < 1.29 is 21.6 Å². The Balaban J connectivity index is 2.41. The van der Waals surface area contributed by atoms with E-state index in [0.29, 0.717) is 23.5 Å². The summed E-state index contributed by atoms with van der Waals surface area (Å²) < 4.78 is 64.2. The molecular formula is C9H4ClF3N2O2S2. The van der Waals surface area contributed by atoms with Gasteiger partial charge in [0.25, 0.3) is 10.0 Å². The molecule has 0 saturated carbocycles. The Bertz CT molecular complexity index is 710. The number of aromatic nitrogens is 1. The first kappa shape index (κ1) is 14.1. The van der Waals surface area contributed by atoms with Gasteiger partial charge >= 0.3 is 0 Å². The predicted octanol–water partition coefficient (Wildman–Crippen LogP) is 3.01. The molecule has 102 valence electrons. The van der Waals surface area contributed by atoms with Gasteiger partial charge in [-0.1, -0.05) is 22.9 Å². The predicted molar refractivity (Wildman–Crippen MR) is 64.2 cm³/mol. The third kappa shape index (κ3) is 2.99. The van der Waals surface area contributed by atoms with Gasteiger partial charge in [-0.15, -0.1) is 0 Å². The third-order valence-corrected chi connectivity index (χ3v) is 4.89. The molecule has 0 unspecified atom stereocenters. The molecule has 0 amide bonds. The summed E-state index contributed by atoms with van der Waals surface area (Å²) in [5, 5.41) is 0. The van der Waals surface area contributed by atoms with Crippen LogP contribution in [-0.4, -0.2) is 13.4 Å². The second-order valence-corrected chi connectivity index (χ2v) is 6.80. The molecule has 0 fully saturated rings. The summed E-state index contributed by atoms with van der Waals surface area (Å²) in [7, 11) is -4.23. The lowest BCUT2D eigenvalue weighted by Gasteiger charge is -2.08. The van der Waals surface area contributed by atoms with Crippen LogP contribution < -0.4 is 4.72 Å². The van der Waals surface area contributed by atoms with Gasteiger partial charge in [-0.3, -0.25) is 4.72 Å². The molecule has 0 aliphatic rings. The first-order chi connectivity index (χ1) is 8.79. The van der Waals surface area contributed by atoms with Crippen molar-refractivity contribution in [3.8, 4) is 0 Å². The van der Waals surface area contributed by atoms with Crippen molar-refractivity contribution in [3.63, 3.8) is 0 Å². The van der Waals surface area contributed by atoms with Crippen LogP contribution in [0, 0.1) is 17.5 Å². The first-order valence-electron chi connectivity index (χ1n) is 4.58. The van der Waals surface area contributed by atoms with Gasteiger partial charge in [-0.2, -0.15) is 0 Å². The summed E-state index contributed by atoms with van der Waals surface area (Å²) in [4.78, 5) is 3.50. The van der Waals surface area contributed by atoms with Crippen LogP contribution in [0.2, 0.25) is 4.47 Å². The van der Waals surface area contributed by atoms with E-state index in [1.54, 1.807) is 4.72 Å². The van der Waals surface area contributed by atoms with Gasteiger partial charge < -0.3 is 0 Å². The van der Waals surface area contributed by atoms with Gasteiger partial charge in [0.1, 0.15) is 11.5 Å². The van der Waals surface area contributed by atoms with Crippen LogP contribution >= 0.6 is 22.9 Å². The lowest BCUT2D eigenvalue weighted by molar-refractivity contribution is 0.547. The molecule has 10 heteroatoms. The standard InChI is InChI=1S/C9H4ClF3N2O2S2/c10-9-14-3-7(18-9)19(16,17)15-8-5(12)1-4(11)2-6(8)13/h1-3,15H. The SMILES string of the molecule is O=S(=O)(Nc1c(F)cc(F)cc1F)c1cnc(Cl)s1. The monoisotopic (exact) mass is 328 g/mol. The Morgan fingerprint density at radius 1 is 1.21 bits per heavy atom. The molecule has 1 aromatic carbocycles. The number of anilines is 1. The van der Waals surface area contributed by atoms with E-state index in [0.717, 1.165) is 6.20 Å². The maximum atomic E-state index is 13.3. The van der Waals surface area contributed by atoms with Crippen LogP contribution in [0.4, 0.5) is 18.9 Å². The van der Waals surface area contributed by atoms with Gasteiger partial charge in [0.2, 0.25) is 0 Å². The fraction of sp³-hybridized carbons (Fsp3) is 0. The van der Waals surface area contributed by atoms with E-state index in [1.807, 2.05) is 0 Å². The molecular weight excluding hydrogens is 325 g/mol. The average Bonchev–Trinajstić information content (AvgIpc) is 2.71. The molecule has 0 aliphatic heterocycles. The fourth-order valence-electron chi connectivity index (χ4n) is 1.19. The zero-order chi connectivity index (χ0) is 14.2. The number of hydrogen-bond donors (Lipinski definition) is 1. The minimum absolute atomic E-state index is 0.0413. The van der Waals surface area contributed by atoms with E-state index in [4.69, 9.17) is 11.6 Å². The molecule has 0 radical (unpaired) electrons. The second kappa shape index (κ2) is 4.99. The molecule has 0 bridgehead atoms. The zero-order valence-corrected chi connectivity index (χ0v) is 11.2. The topological polar surface area (TPSA) is 59.1 Å². The second-order valence-electron chi connectivity index (χ2n) is 3.28. The number of benzene rings is 1. The highest BCUT2D eigenvalue weighted by atomic mass is 35.5. The first-order valence-corrected chi connectivity index (χ1v) is 7.26. The van der Waals surface area contributed by atoms with Gasteiger partial charge in [-0.25, -0.2) is 26.6 Å². The average molecular weight is 329 g/mol. The Hall–Kier alpha value is -1.32. The highest BCUT2D eigenvalue weighted by molar-refractivity contribution is 7.94. The summed E-state index contributed by atoms with van der Waals surface area (Å²) in [6.07, 6.45) is 0.939. The number of halogens is 4. The van der Waals surface area contributed by atoms with Gasteiger partial charge in [0.05, 0.1) is 6.20 Å². The summed E-state index contributed by atoms with van der Waals surface area (Å²) in [6.45, 7) is 0. The van der Waals surface area contributed by atoms with Crippen LogP contribution in [0.5, 0.6) is 0 Å². The number of rotatable bonds is 3. The summed E-state index contributed by atoms with van der Waals surface area (Å²) in [5.74, 6) is -3.88. The van der Waals surface area contributed by atoms with Gasteiger partial charge in [0, 0.05) is 12.1 Å². The number of thiazole rings is 1. The van der Waals surface area contributed by atoms with Crippen molar-refractivity contribution in [2.45, 2.75) is 4.21 Å². The molecule has 1 N–H and O–H groups in total. The number of sulfonamides is 1. The number of nitrogens with one attached hydrogen (secondary N) is 1. The van der Waals surface area contributed by atoms with Crippen LogP contribution in [-0.2, 0) is 10.0 Å². The maximum absolute atomic E-state index is 13.3. The molecule has 2 aromatic rings. The van der Waals surface area contributed by atoms with Crippen molar-refractivity contribution >= 4 is 38.6 Å². The van der Waals surface area contributed by atoms with E-state index in [9.17, 15) is 21.6 Å². The fourth-order valence-corrected chi connectivity index (χ4v) is 3.56. The zero-order valence-electron chi connectivity index (χ0n) is 8.82. The molecule has 0 saturated heterocycles. The van der Waals surface area contributed by atoms with E-state index >= 15 is 0 Å². The van der Waals surface area contributed by atoms with E-state index in [1.165, 1.54) is 0 Å². The Labute approximate surface area is 114 Å². The highest BCUT2D eigenvalue weighted by Crippen LogP contribution is 2.27. The Morgan fingerprint density at radius 2 is 1.79 bits per heavy atom. The smallest absolute Gasteiger partial charge is 0.273 e. The van der Waals surface area contributed by atoms with Crippen molar-refractivity contribution in [2.24, 2.45) is 0 Å². The lowest BCUT2D eigenvalue weighted by atomic mass is 10.3. The minimum atomic E-state index is -4.23. The Morgan fingerprint density at radius 3 is 2.26 bits per heavy atom. The van der Waals surface area contributed by atoms with Gasteiger partial charge in [-0.05, 0) is 0 Å². The van der Waals surface area contributed by atoms with Gasteiger partial charge in [0.15, 0.2) is 20.3 Å². The highest BCUT2D eigenvalue weighted by Gasteiger charge is 2.22. The summed E-state index contributed by atoms with van der Waals surface area (Å²) in [5.41, 5.74) is -0.967. The Kier molecular flexibility index (Phi) is 3.70. The van der Waals surface area contributed by atoms with Crippen molar-refractivity contribution in [2.75, 3.05) is 4.72 Å². The maximum Gasteiger partial charge on any atom is 0.273 e. The molecule has 1 aromatic heterocycles. The van der Waals surface area contributed by atoms with Crippen molar-refractivity contribution in [1.29, 1.82) is 0 Å². The van der Waals surface area contributed by atoms with Crippen LogP contribution in [0.1, 0.15) is 0 Å². The van der Waals surface area contributed by atoms with E-state index in [2.05, 4.69) is 4.98 Å². The largest absolute Gasteiger partial charge is 0.273 e. The van der Waals surface area contributed by atoms with E-state index in [-0.39, 0.29) is 8.68 Å². The van der Waals surface area contributed by atoms with Crippen LogP contribution in [0.3, 0.4) is 0 Å². The molecule has 4 nitrogen and oxygen atoms in total. The van der Waals surface area contributed by atoms with Crippen LogP contribution in [0.25, 0.3) is 0 Å². The normalized spacial score (nSPS) is 11.6. The summed E-state index contributed by atoms with van der Waals surface area (Å²) >= 11 is 6.08. The number of nitrogens with zero attached hydrogens (tertiary/aromatic N) is 1. The quantitative estimate of drug-likeness (QED) is 0.942.